The Kier molecular flexibility index (Phi) is 8.04. The summed E-state index contributed by atoms with van der Waals surface area (Å²) < 4.78 is 43.1. The SMILES string of the molecule is O=C(C[N+](=O)[O-])c1cccc(Oc2ccc(C(F)(F)F)cc2Cl)c1.[KH]. The molecule has 0 aromatic heterocycles. The fourth-order valence-corrected chi connectivity index (χ4v) is 2.05. The second-order valence-electron chi connectivity index (χ2n) is 4.69. The van der Waals surface area contributed by atoms with Gasteiger partial charge < -0.3 is 4.74 Å². The molecule has 0 fully saturated rings. The van der Waals surface area contributed by atoms with Crippen LogP contribution in [0.25, 0.3) is 0 Å². The Balaban J connectivity index is 0.00000312. The molecule has 0 heterocycles. The topological polar surface area (TPSA) is 69.4 Å². The van der Waals surface area contributed by atoms with Crippen LogP contribution in [0.15, 0.2) is 42.5 Å². The molecule has 0 N–H and O–H groups in total. The van der Waals surface area contributed by atoms with Crippen LogP contribution in [0.1, 0.15) is 15.9 Å². The molecule has 0 amide bonds. The zero-order valence-electron chi connectivity index (χ0n) is 11.8. The van der Waals surface area contributed by atoms with Crippen molar-refractivity contribution in [2.24, 2.45) is 0 Å². The Morgan fingerprint density at radius 3 is 2.44 bits per heavy atom. The van der Waals surface area contributed by atoms with E-state index in [1.165, 1.54) is 24.3 Å². The van der Waals surface area contributed by atoms with Crippen LogP contribution < -0.4 is 4.74 Å². The normalized spacial score (nSPS) is 10.7. The summed E-state index contributed by atoms with van der Waals surface area (Å²) in [4.78, 5) is 21.2. The molecule has 2 rings (SSSR count). The Morgan fingerprint density at radius 1 is 1.20 bits per heavy atom. The van der Waals surface area contributed by atoms with Gasteiger partial charge in [0.2, 0.25) is 5.78 Å². The molecule has 128 valence electrons. The minimum absolute atomic E-state index is 0. The van der Waals surface area contributed by atoms with Crippen molar-refractivity contribution in [3.05, 3.63) is 68.7 Å². The molecule has 25 heavy (non-hydrogen) atoms. The molecular weight excluding hydrogens is 390 g/mol. The fourth-order valence-electron chi connectivity index (χ4n) is 1.83. The van der Waals surface area contributed by atoms with Gasteiger partial charge in [0.25, 0.3) is 6.54 Å². The van der Waals surface area contributed by atoms with Crippen molar-refractivity contribution < 1.29 is 27.6 Å². The van der Waals surface area contributed by atoms with Crippen molar-refractivity contribution in [3.8, 4) is 11.5 Å². The summed E-state index contributed by atoms with van der Waals surface area (Å²) in [5, 5.41) is 10.1. The first-order valence-electron chi connectivity index (χ1n) is 6.46. The molecule has 0 radical (unpaired) electrons. The van der Waals surface area contributed by atoms with E-state index in [0.717, 1.165) is 18.2 Å². The monoisotopic (exact) mass is 399 g/mol. The molecule has 0 atom stereocenters. The number of alkyl halides is 3. The molecule has 0 spiro atoms. The molecule has 10 heteroatoms. The number of benzene rings is 2. The first kappa shape index (κ1) is 22.1. The summed E-state index contributed by atoms with van der Waals surface area (Å²) in [6.07, 6.45) is -4.53. The third-order valence-electron chi connectivity index (χ3n) is 2.92. The molecule has 0 saturated carbocycles. The second-order valence-corrected chi connectivity index (χ2v) is 5.09. The van der Waals surface area contributed by atoms with Gasteiger partial charge in [-0.25, -0.2) is 0 Å². The van der Waals surface area contributed by atoms with Gasteiger partial charge in [-0.05, 0) is 30.3 Å². The zero-order valence-corrected chi connectivity index (χ0v) is 12.6. The van der Waals surface area contributed by atoms with Crippen molar-refractivity contribution in [2.45, 2.75) is 6.18 Å². The molecule has 2 aromatic carbocycles. The quantitative estimate of drug-likeness (QED) is 0.330. The van der Waals surface area contributed by atoms with Gasteiger partial charge in [-0.1, -0.05) is 23.7 Å². The van der Waals surface area contributed by atoms with Gasteiger partial charge in [0.05, 0.1) is 10.6 Å². The number of nitrogens with zero attached hydrogens (tertiary/aromatic N) is 1. The van der Waals surface area contributed by atoms with Gasteiger partial charge in [-0.2, -0.15) is 13.2 Å². The van der Waals surface area contributed by atoms with E-state index >= 15 is 0 Å². The van der Waals surface area contributed by atoms with Crippen molar-refractivity contribution in [1.29, 1.82) is 0 Å². The second kappa shape index (κ2) is 9.11. The maximum absolute atomic E-state index is 12.6. The number of Topliss-reactive ketones (excluding diaryl/α,β-unsaturated/α-hetero) is 1. The average molecular weight is 400 g/mol. The van der Waals surface area contributed by atoms with Crippen LogP contribution in [0.3, 0.4) is 0 Å². The summed E-state index contributed by atoms with van der Waals surface area (Å²) in [5.74, 6) is -0.640. The van der Waals surface area contributed by atoms with E-state index in [1.807, 2.05) is 0 Å². The van der Waals surface area contributed by atoms with Gasteiger partial charge in [0.15, 0.2) is 0 Å². The van der Waals surface area contributed by atoms with Gasteiger partial charge in [0.1, 0.15) is 11.5 Å². The molecule has 0 saturated heterocycles. The van der Waals surface area contributed by atoms with Crippen molar-refractivity contribution in [2.75, 3.05) is 6.54 Å². The van der Waals surface area contributed by atoms with Crippen LogP contribution in [0.2, 0.25) is 5.02 Å². The first-order chi connectivity index (χ1) is 11.2. The summed E-state index contributed by atoms with van der Waals surface area (Å²) in [7, 11) is 0. The molecule has 0 aliphatic carbocycles. The Hall–Kier alpha value is -0.974. The van der Waals surface area contributed by atoms with E-state index in [-0.39, 0.29) is 73.5 Å². The Morgan fingerprint density at radius 2 is 1.88 bits per heavy atom. The third-order valence-corrected chi connectivity index (χ3v) is 3.21. The number of nitro groups is 1. The van der Waals surface area contributed by atoms with Gasteiger partial charge in [-0.15, -0.1) is 0 Å². The minimum atomic E-state index is -4.53. The predicted octanol–water partition coefficient (Wildman–Crippen LogP) is 3.96. The average Bonchev–Trinajstić information content (AvgIpc) is 2.48. The van der Waals surface area contributed by atoms with Gasteiger partial charge >= 0.3 is 57.6 Å². The van der Waals surface area contributed by atoms with Crippen molar-refractivity contribution >= 4 is 68.8 Å². The fraction of sp³-hybridized carbons (Fsp3) is 0.133. The standard InChI is InChI=1S/C15H9ClF3NO4.K.H/c16-12-7-10(15(17,18)19)4-5-14(12)24-11-3-1-2-9(6-11)13(21)8-20(22)23;;/h1-7H,8H2;;. The van der Waals surface area contributed by atoms with Crippen molar-refractivity contribution in [1.82, 2.24) is 0 Å². The number of carbonyl (C=O) groups excluding carboxylic acids is 1. The van der Waals surface area contributed by atoms with Crippen LogP contribution in [0.5, 0.6) is 11.5 Å². The first-order valence-corrected chi connectivity index (χ1v) is 6.84. The van der Waals surface area contributed by atoms with Crippen LogP contribution in [0, 0.1) is 10.1 Å². The Bertz CT molecular complexity index is 799. The molecule has 2 aromatic rings. The summed E-state index contributed by atoms with van der Waals surface area (Å²) >= 11 is 5.78. The number of ketones is 1. The molecule has 5 nitrogen and oxygen atoms in total. The summed E-state index contributed by atoms with van der Waals surface area (Å²) in [6.45, 7) is -0.871. The van der Waals surface area contributed by atoms with Crippen LogP contribution in [-0.2, 0) is 6.18 Å². The van der Waals surface area contributed by atoms with E-state index in [0.29, 0.717) is 0 Å². The molecule has 0 unspecified atom stereocenters. The number of rotatable bonds is 5. The van der Waals surface area contributed by atoms with E-state index in [4.69, 9.17) is 16.3 Å². The van der Waals surface area contributed by atoms with Crippen LogP contribution >= 0.6 is 11.6 Å². The number of hydrogen-bond acceptors (Lipinski definition) is 4. The van der Waals surface area contributed by atoms with Crippen LogP contribution in [0.4, 0.5) is 13.2 Å². The van der Waals surface area contributed by atoms with Crippen molar-refractivity contribution in [3.63, 3.8) is 0 Å². The number of halogens is 4. The molecule has 0 aliphatic rings. The van der Waals surface area contributed by atoms with Gasteiger partial charge in [0, 0.05) is 10.5 Å². The molecular formula is C15H10ClF3KNO4. The maximum atomic E-state index is 12.6. The number of carbonyl (C=O) groups is 1. The number of hydrogen-bond donors (Lipinski definition) is 0. The van der Waals surface area contributed by atoms with Gasteiger partial charge in [-0.3, -0.25) is 14.9 Å². The molecule has 0 bridgehead atoms. The molecule has 0 aliphatic heterocycles. The summed E-state index contributed by atoms with van der Waals surface area (Å²) in [5.41, 5.74) is -0.873. The predicted molar refractivity (Wildman–Crippen MR) is 86.3 cm³/mol. The van der Waals surface area contributed by atoms with Crippen LogP contribution in [-0.4, -0.2) is 68.6 Å². The van der Waals surface area contributed by atoms with E-state index in [9.17, 15) is 28.1 Å². The van der Waals surface area contributed by atoms with E-state index < -0.39 is 29.0 Å². The summed E-state index contributed by atoms with van der Waals surface area (Å²) in [6, 6.07) is 8.07. The van der Waals surface area contributed by atoms with E-state index in [2.05, 4.69) is 0 Å². The third kappa shape index (κ3) is 6.35. The zero-order chi connectivity index (χ0) is 17.9. The number of ether oxygens (including phenoxy) is 1. The Labute approximate surface area is 187 Å². The van der Waals surface area contributed by atoms with E-state index in [1.54, 1.807) is 0 Å².